The third kappa shape index (κ3) is 14.5. The van der Waals surface area contributed by atoms with E-state index < -0.39 is 72.6 Å². The van der Waals surface area contributed by atoms with E-state index in [0.29, 0.717) is 19.3 Å². The molecule has 18 nitrogen and oxygen atoms in total. The van der Waals surface area contributed by atoms with Crippen molar-refractivity contribution in [2.45, 2.75) is 94.8 Å². The molecule has 3 saturated heterocycles. The Balaban J connectivity index is 0.000000198. The van der Waals surface area contributed by atoms with Crippen LogP contribution in [0.3, 0.4) is 0 Å². The van der Waals surface area contributed by atoms with Crippen LogP contribution in [0.4, 0.5) is 14.4 Å². The number of carboxylic acid groups (broad SMARTS) is 3. The first-order chi connectivity index (χ1) is 28.7. The molecule has 0 saturated carbocycles. The highest BCUT2D eigenvalue weighted by Crippen LogP contribution is 2.22. The van der Waals surface area contributed by atoms with E-state index in [1.54, 1.807) is 0 Å². The summed E-state index contributed by atoms with van der Waals surface area (Å²) in [4.78, 5) is 72.5. The van der Waals surface area contributed by atoms with Gasteiger partial charge in [-0.25, -0.2) is 28.8 Å². The van der Waals surface area contributed by atoms with Crippen molar-refractivity contribution >= 4 is 36.2 Å². The van der Waals surface area contributed by atoms with Gasteiger partial charge in [0.1, 0.15) is 37.9 Å². The Morgan fingerprint density at radius 3 is 0.867 bits per heavy atom. The van der Waals surface area contributed by atoms with Gasteiger partial charge in [0.2, 0.25) is 0 Å². The Labute approximate surface area is 346 Å². The molecule has 18 heteroatoms. The fourth-order valence-electron chi connectivity index (χ4n) is 6.64. The summed E-state index contributed by atoms with van der Waals surface area (Å²) in [6, 6.07) is 24.6. The minimum Gasteiger partial charge on any atom is -0.480 e. The number of β-amino-alcohol motifs (C(OH)–C–C–N with tert-alkyl or cyclic N) is 3. The molecule has 3 aliphatic rings. The minimum atomic E-state index is -1.08. The lowest BCUT2D eigenvalue weighted by molar-refractivity contribution is -0.146. The molecule has 3 fully saturated rings. The van der Waals surface area contributed by atoms with Crippen molar-refractivity contribution in [3.8, 4) is 0 Å². The SMILES string of the molecule is O=C(O)[C@@H]1CC[C@@H](O)CN1C(=O)OCc1ccccc1.O=C(O)[C@@H]1CC[C@@H](O)CN1C(=O)OCc1ccccc1.O=C(O)[C@@H]1CC[C@H](O)CN1C(=O)OCc1ccccc1. The summed E-state index contributed by atoms with van der Waals surface area (Å²) in [5, 5.41) is 56.0. The first-order valence-corrected chi connectivity index (χ1v) is 19.4. The van der Waals surface area contributed by atoms with Crippen molar-refractivity contribution in [1.82, 2.24) is 14.7 Å². The predicted octanol–water partition coefficient (Wildman–Crippen LogP) is 3.70. The fourth-order valence-corrected chi connectivity index (χ4v) is 6.64. The van der Waals surface area contributed by atoms with Crippen LogP contribution < -0.4 is 0 Å². The van der Waals surface area contributed by atoms with E-state index in [-0.39, 0.29) is 58.7 Å². The van der Waals surface area contributed by atoms with E-state index >= 15 is 0 Å². The number of hydrogen-bond donors (Lipinski definition) is 6. The zero-order chi connectivity index (χ0) is 43.6. The lowest BCUT2D eigenvalue weighted by Crippen LogP contribution is -2.52. The van der Waals surface area contributed by atoms with Crippen LogP contribution in [0.2, 0.25) is 0 Å². The van der Waals surface area contributed by atoms with Gasteiger partial charge >= 0.3 is 36.2 Å². The number of aliphatic carboxylic acids is 3. The van der Waals surface area contributed by atoms with Crippen molar-refractivity contribution in [1.29, 1.82) is 0 Å². The topological polar surface area (TPSA) is 261 Å². The van der Waals surface area contributed by atoms with Crippen LogP contribution in [0.5, 0.6) is 0 Å². The highest BCUT2D eigenvalue weighted by Gasteiger charge is 2.38. The Morgan fingerprint density at radius 1 is 0.417 bits per heavy atom. The van der Waals surface area contributed by atoms with E-state index in [1.165, 1.54) is 0 Å². The van der Waals surface area contributed by atoms with Gasteiger partial charge < -0.3 is 44.8 Å². The number of carbonyl (C=O) groups is 6. The molecule has 6 N–H and O–H groups in total. The molecule has 3 amide bonds. The van der Waals surface area contributed by atoms with Crippen molar-refractivity contribution in [2.24, 2.45) is 0 Å². The van der Waals surface area contributed by atoms with Crippen LogP contribution in [0, 0.1) is 0 Å². The second kappa shape index (κ2) is 23.4. The number of aliphatic hydroxyl groups is 3. The average Bonchev–Trinajstić information content (AvgIpc) is 3.25. The fraction of sp³-hybridized carbons (Fsp3) is 0.429. The molecular formula is C42H51N3O15. The third-order valence-corrected chi connectivity index (χ3v) is 9.85. The van der Waals surface area contributed by atoms with Gasteiger partial charge in [0.25, 0.3) is 0 Å². The van der Waals surface area contributed by atoms with Gasteiger partial charge in [-0.2, -0.15) is 0 Å². The molecule has 60 heavy (non-hydrogen) atoms. The van der Waals surface area contributed by atoms with Gasteiger partial charge in [-0.1, -0.05) is 91.0 Å². The Morgan fingerprint density at radius 2 is 0.650 bits per heavy atom. The summed E-state index contributed by atoms with van der Waals surface area (Å²) in [5.41, 5.74) is 2.47. The molecule has 3 heterocycles. The van der Waals surface area contributed by atoms with Crippen LogP contribution >= 0.6 is 0 Å². The average molecular weight is 838 g/mol. The molecule has 0 spiro atoms. The smallest absolute Gasteiger partial charge is 0.410 e. The number of piperidine rings is 3. The van der Waals surface area contributed by atoms with E-state index in [0.717, 1.165) is 31.4 Å². The number of aliphatic hydroxyl groups excluding tert-OH is 3. The maximum Gasteiger partial charge on any atom is 0.410 e. The summed E-state index contributed by atoms with van der Waals surface area (Å²) < 4.78 is 15.3. The molecule has 324 valence electrons. The second-order valence-electron chi connectivity index (χ2n) is 14.3. The summed E-state index contributed by atoms with van der Waals surface area (Å²) in [5.74, 6) is -3.23. The summed E-state index contributed by atoms with van der Waals surface area (Å²) >= 11 is 0. The number of nitrogens with zero attached hydrogens (tertiary/aromatic N) is 3. The van der Waals surface area contributed by atoms with Crippen molar-refractivity contribution < 1.29 is 73.6 Å². The number of amides is 3. The van der Waals surface area contributed by atoms with Gasteiger partial charge in [-0.15, -0.1) is 0 Å². The van der Waals surface area contributed by atoms with Crippen LogP contribution in [-0.2, 0) is 48.4 Å². The van der Waals surface area contributed by atoms with E-state index in [2.05, 4.69) is 0 Å². The molecule has 3 aromatic rings. The molecule has 0 bridgehead atoms. The van der Waals surface area contributed by atoms with Crippen LogP contribution in [0.1, 0.15) is 55.2 Å². The second-order valence-corrected chi connectivity index (χ2v) is 14.3. The van der Waals surface area contributed by atoms with Gasteiger partial charge in [0.05, 0.1) is 37.9 Å². The largest absolute Gasteiger partial charge is 0.480 e. The Bertz CT molecular complexity index is 1640. The van der Waals surface area contributed by atoms with Crippen molar-refractivity contribution in [2.75, 3.05) is 19.6 Å². The number of rotatable bonds is 9. The Kier molecular flexibility index (Phi) is 18.1. The van der Waals surface area contributed by atoms with E-state index in [9.17, 15) is 44.1 Å². The van der Waals surface area contributed by atoms with Gasteiger partial charge in [-0.3, -0.25) is 14.7 Å². The lowest BCUT2D eigenvalue weighted by atomic mass is 10.0. The molecule has 0 aliphatic carbocycles. The first-order valence-electron chi connectivity index (χ1n) is 19.4. The molecule has 6 rings (SSSR count). The summed E-state index contributed by atoms with van der Waals surface area (Å²) in [6.45, 7) is 0.218. The highest BCUT2D eigenvalue weighted by atomic mass is 16.6. The van der Waals surface area contributed by atoms with Crippen molar-refractivity contribution in [3.63, 3.8) is 0 Å². The zero-order valence-electron chi connectivity index (χ0n) is 32.8. The molecule has 0 aromatic heterocycles. The monoisotopic (exact) mass is 837 g/mol. The number of likely N-dealkylation sites (tertiary alicyclic amines) is 3. The highest BCUT2D eigenvalue weighted by molar-refractivity contribution is 5.81. The van der Waals surface area contributed by atoms with Gasteiger partial charge in [-0.05, 0) is 55.2 Å². The quantitative estimate of drug-likeness (QED) is 0.168. The molecule has 0 unspecified atom stereocenters. The van der Waals surface area contributed by atoms with E-state index in [4.69, 9.17) is 29.5 Å². The molecule has 0 radical (unpaired) electrons. The van der Waals surface area contributed by atoms with Gasteiger partial charge in [0.15, 0.2) is 0 Å². The maximum absolute atomic E-state index is 12.0. The third-order valence-electron chi connectivity index (χ3n) is 9.85. The maximum atomic E-state index is 12.0. The molecule has 3 aromatic carbocycles. The summed E-state index contributed by atoms with van der Waals surface area (Å²) in [6.07, 6.45) is -2.40. The number of ether oxygens (including phenoxy) is 3. The summed E-state index contributed by atoms with van der Waals surface area (Å²) in [7, 11) is 0. The number of hydrogen-bond acceptors (Lipinski definition) is 12. The molecule has 3 aliphatic heterocycles. The standard InChI is InChI=1S/3C14H17NO5/c3*16-11-6-7-12(13(17)18)15(8-11)14(19)20-9-10-4-2-1-3-5-10/h3*1-5,11-12,16H,6-9H2,(H,17,18)/t2*11-,12+;11-,12-/m110/s1. The minimum absolute atomic E-state index is 0.00934. The predicted molar refractivity (Wildman–Crippen MR) is 210 cm³/mol. The number of benzene rings is 3. The first kappa shape index (κ1) is 46.4. The van der Waals surface area contributed by atoms with Crippen LogP contribution in [-0.4, -0.2) is 138 Å². The van der Waals surface area contributed by atoms with Crippen LogP contribution in [0.15, 0.2) is 91.0 Å². The Hall–Kier alpha value is -6.24. The normalized spacial score (nSPS) is 22.4. The molecular weight excluding hydrogens is 786 g/mol. The lowest BCUT2D eigenvalue weighted by Gasteiger charge is -2.34. The molecule has 6 atom stereocenters. The van der Waals surface area contributed by atoms with E-state index in [1.807, 2.05) is 91.0 Å². The van der Waals surface area contributed by atoms with Crippen LogP contribution in [0.25, 0.3) is 0 Å². The van der Waals surface area contributed by atoms with Gasteiger partial charge in [0, 0.05) is 0 Å². The zero-order valence-corrected chi connectivity index (χ0v) is 32.8. The van der Waals surface area contributed by atoms with Crippen molar-refractivity contribution in [3.05, 3.63) is 108 Å². The number of carbonyl (C=O) groups excluding carboxylic acids is 3. The number of carboxylic acids is 3.